The molecule has 0 aliphatic heterocycles. The summed E-state index contributed by atoms with van der Waals surface area (Å²) in [4.78, 5) is 11.1. The number of nitrogens with two attached hydrogens (primary N) is 1. The Labute approximate surface area is 93.5 Å². The highest BCUT2D eigenvalue weighted by Crippen LogP contribution is 2.14. The first kappa shape index (κ1) is 12.5. The van der Waals surface area contributed by atoms with Crippen molar-refractivity contribution in [3.8, 4) is 0 Å². The Hall–Kier alpha value is -1.59. The predicted molar refractivity (Wildman–Crippen MR) is 57.4 cm³/mol. The SMILES string of the molecule is C=C(C)C(=O)OCC(O)C(N)c1ccco1. The van der Waals surface area contributed by atoms with Gasteiger partial charge in [-0.15, -0.1) is 0 Å². The van der Waals surface area contributed by atoms with Crippen LogP contribution in [0.4, 0.5) is 0 Å². The number of carbonyl (C=O) groups is 1. The number of aliphatic hydroxyl groups excluding tert-OH is 1. The summed E-state index contributed by atoms with van der Waals surface area (Å²) >= 11 is 0. The Kier molecular flexibility index (Phi) is 4.28. The Morgan fingerprint density at radius 2 is 2.44 bits per heavy atom. The summed E-state index contributed by atoms with van der Waals surface area (Å²) in [5.41, 5.74) is 5.96. The van der Waals surface area contributed by atoms with Crippen LogP contribution >= 0.6 is 0 Å². The summed E-state index contributed by atoms with van der Waals surface area (Å²) in [6, 6.07) is 2.60. The zero-order valence-corrected chi connectivity index (χ0v) is 9.05. The molecule has 0 aromatic carbocycles. The minimum atomic E-state index is -1.01. The first-order valence-corrected chi connectivity index (χ1v) is 4.82. The normalized spacial score (nSPS) is 14.2. The molecule has 3 N–H and O–H groups in total. The number of hydrogen-bond acceptors (Lipinski definition) is 5. The van der Waals surface area contributed by atoms with E-state index in [4.69, 9.17) is 14.9 Å². The molecular formula is C11H15NO4. The van der Waals surface area contributed by atoms with E-state index < -0.39 is 18.1 Å². The van der Waals surface area contributed by atoms with Gasteiger partial charge in [0.15, 0.2) is 0 Å². The lowest BCUT2D eigenvalue weighted by atomic mass is 10.1. The number of hydrogen-bond donors (Lipinski definition) is 2. The third-order valence-electron chi connectivity index (χ3n) is 2.02. The van der Waals surface area contributed by atoms with Crippen LogP contribution in [0.1, 0.15) is 18.7 Å². The lowest BCUT2D eigenvalue weighted by Crippen LogP contribution is -2.31. The van der Waals surface area contributed by atoms with Gasteiger partial charge < -0.3 is 20.0 Å². The van der Waals surface area contributed by atoms with Crippen LogP contribution in [-0.2, 0) is 9.53 Å². The fourth-order valence-corrected chi connectivity index (χ4v) is 1.06. The second-order valence-corrected chi connectivity index (χ2v) is 3.49. The lowest BCUT2D eigenvalue weighted by Gasteiger charge is -2.16. The van der Waals surface area contributed by atoms with Crippen molar-refractivity contribution in [2.75, 3.05) is 6.61 Å². The van der Waals surface area contributed by atoms with E-state index in [0.29, 0.717) is 5.76 Å². The van der Waals surface area contributed by atoms with Gasteiger partial charge in [0.2, 0.25) is 0 Å². The molecular weight excluding hydrogens is 210 g/mol. The van der Waals surface area contributed by atoms with Gasteiger partial charge in [0.25, 0.3) is 0 Å². The minimum Gasteiger partial charge on any atom is -0.468 e. The third kappa shape index (κ3) is 3.22. The molecule has 1 rings (SSSR count). The highest BCUT2D eigenvalue weighted by molar-refractivity contribution is 5.86. The third-order valence-corrected chi connectivity index (χ3v) is 2.02. The summed E-state index contributed by atoms with van der Waals surface area (Å²) in [5.74, 6) is -0.107. The van der Waals surface area contributed by atoms with Gasteiger partial charge in [-0.25, -0.2) is 4.79 Å². The molecule has 16 heavy (non-hydrogen) atoms. The molecule has 1 heterocycles. The van der Waals surface area contributed by atoms with E-state index in [9.17, 15) is 9.90 Å². The van der Waals surface area contributed by atoms with Crippen molar-refractivity contribution in [3.05, 3.63) is 36.3 Å². The summed E-state index contributed by atoms with van der Waals surface area (Å²) < 4.78 is 9.80. The van der Waals surface area contributed by atoms with E-state index in [-0.39, 0.29) is 12.2 Å². The maximum absolute atomic E-state index is 11.1. The first-order chi connectivity index (χ1) is 7.52. The minimum absolute atomic E-state index is 0.187. The molecule has 88 valence electrons. The van der Waals surface area contributed by atoms with Gasteiger partial charge in [-0.05, 0) is 19.1 Å². The smallest absolute Gasteiger partial charge is 0.333 e. The number of carbonyl (C=O) groups excluding carboxylic acids is 1. The van der Waals surface area contributed by atoms with Gasteiger partial charge in [0.1, 0.15) is 18.5 Å². The number of esters is 1. The average Bonchev–Trinajstić information content (AvgIpc) is 2.77. The summed E-state index contributed by atoms with van der Waals surface area (Å²) in [6.07, 6.45) is 0.455. The van der Waals surface area contributed by atoms with Gasteiger partial charge in [-0.2, -0.15) is 0 Å². The summed E-state index contributed by atoms with van der Waals surface area (Å²) in [7, 11) is 0. The van der Waals surface area contributed by atoms with Gasteiger partial charge in [0.05, 0.1) is 12.3 Å². The maximum atomic E-state index is 11.1. The van der Waals surface area contributed by atoms with E-state index in [1.54, 1.807) is 12.1 Å². The predicted octanol–water partition coefficient (Wildman–Crippen LogP) is 0.760. The first-order valence-electron chi connectivity index (χ1n) is 4.82. The molecule has 5 heteroatoms. The Balaban J connectivity index is 2.44. The number of furan rings is 1. The van der Waals surface area contributed by atoms with E-state index in [0.717, 1.165) is 0 Å². The molecule has 0 radical (unpaired) electrons. The maximum Gasteiger partial charge on any atom is 0.333 e. The Morgan fingerprint density at radius 1 is 1.75 bits per heavy atom. The van der Waals surface area contributed by atoms with Gasteiger partial charge in [-0.3, -0.25) is 0 Å². The molecule has 2 atom stereocenters. The zero-order chi connectivity index (χ0) is 12.1. The molecule has 0 spiro atoms. The van der Waals surface area contributed by atoms with E-state index >= 15 is 0 Å². The lowest BCUT2D eigenvalue weighted by molar-refractivity contribution is -0.142. The van der Waals surface area contributed by atoms with Crippen LogP contribution in [0.15, 0.2) is 35.0 Å². The van der Waals surface area contributed by atoms with Crippen molar-refractivity contribution in [1.82, 2.24) is 0 Å². The Bertz CT molecular complexity index is 358. The van der Waals surface area contributed by atoms with Crippen LogP contribution in [-0.4, -0.2) is 23.8 Å². The largest absolute Gasteiger partial charge is 0.468 e. The second-order valence-electron chi connectivity index (χ2n) is 3.49. The van der Waals surface area contributed by atoms with Crippen molar-refractivity contribution in [3.63, 3.8) is 0 Å². The molecule has 1 aromatic rings. The standard InChI is InChI=1S/C11H15NO4/c1-7(2)11(14)16-6-8(13)10(12)9-4-3-5-15-9/h3-5,8,10,13H,1,6,12H2,2H3. The van der Waals surface area contributed by atoms with E-state index in [1.165, 1.54) is 13.2 Å². The number of rotatable bonds is 5. The quantitative estimate of drug-likeness (QED) is 0.570. The highest BCUT2D eigenvalue weighted by atomic mass is 16.5. The van der Waals surface area contributed by atoms with Crippen molar-refractivity contribution < 1.29 is 19.1 Å². The Morgan fingerprint density at radius 3 is 2.94 bits per heavy atom. The molecule has 0 fully saturated rings. The van der Waals surface area contributed by atoms with Crippen molar-refractivity contribution in [1.29, 1.82) is 0 Å². The molecule has 0 aliphatic rings. The molecule has 0 amide bonds. The average molecular weight is 225 g/mol. The van der Waals surface area contributed by atoms with Crippen LogP contribution in [0.25, 0.3) is 0 Å². The molecule has 1 aromatic heterocycles. The van der Waals surface area contributed by atoms with Crippen molar-refractivity contribution >= 4 is 5.97 Å². The second kappa shape index (κ2) is 5.48. The van der Waals surface area contributed by atoms with Crippen LogP contribution in [0.5, 0.6) is 0 Å². The van der Waals surface area contributed by atoms with Crippen molar-refractivity contribution in [2.45, 2.75) is 19.1 Å². The molecule has 5 nitrogen and oxygen atoms in total. The van der Waals surface area contributed by atoms with E-state index in [1.807, 2.05) is 0 Å². The molecule has 0 saturated heterocycles. The summed E-state index contributed by atoms with van der Waals surface area (Å²) in [6.45, 7) is 4.76. The van der Waals surface area contributed by atoms with Gasteiger partial charge in [-0.1, -0.05) is 6.58 Å². The monoisotopic (exact) mass is 225 g/mol. The fraction of sp³-hybridized carbons (Fsp3) is 0.364. The van der Waals surface area contributed by atoms with Crippen LogP contribution in [0.2, 0.25) is 0 Å². The zero-order valence-electron chi connectivity index (χ0n) is 9.05. The molecule has 0 saturated carbocycles. The molecule has 2 unspecified atom stereocenters. The number of ether oxygens (including phenoxy) is 1. The van der Waals surface area contributed by atoms with Gasteiger partial charge >= 0.3 is 5.97 Å². The fourth-order valence-electron chi connectivity index (χ4n) is 1.06. The molecule has 0 aliphatic carbocycles. The van der Waals surface area contributed by atoms with Gasteiger partial charge in [0, 0.05) is 5.57 Å². The van der Waals surface area contributed by atoms with E-state index in [2.05, 4.69) is 6.58 Å². The van der Waals surface area contributed by atoms with Crippen LogP contribution in [0.3, 0.4) is 0 Å². The van der Waals surface area contributed by atoms with Crippen LogP contribution in [0, 0.1) is 0 Å². The summed E-state index contributed by atoms with van der Waals surface area (Å²) in [5, 5.41) is 9.63. The number of aliphatic hydroxyl groups is 1. The van der Waals surface area contributed by atoms with Crippen molar-refractivity contribution in [2.24, 2.45) is 5.73 Å². The highest BCUT2D eigenvalue weighted by Gasteiger charge is 2.20. The molecule has 0 bridgehead atoms. The topological polar surface area (TPSA) is 85.7 Å². The van der Waals surface area contributed by atoms with Crippen LogP contribution < -0.4 is 5.73 Å².